The van der Waals surface area contributed by atoms with Crippen LogP contribution in [0.3, 0.4) is 0 Å². The molecule has 1 saturated heterocycles. The molecule has 0 aromatic rings. The molecule has 8 heteroatoms. The maximum atomic E-state index is 11.4. The molecule has 1 fully saturated rings. The number of carboxylic acids is 1. The van der Waals surface area contributed by atoms with E-state index in [1.165, 1.54) is 6.92 Å². The minimum absolute atomic E-state index is 0.0815. The number of sulfone groups is 1. The van der Waals surface area contributed by atoms with Crippen LogP contribution in [-0.4, -0.2) is 49.1 Å². The summed E-state index contributed by atoms with van der Waals surface area (Å²) in [5.41, 5.74) is 0. The van der Waals surface area contributed by atoms with Gasteiger partial charge in [-0.3, -0.25) is 4.79 Å². The summed E-state index contributed by atoms with van der Waals surface area (Å²) in [6.07, 6.45) is 1.11. The van der Waals surface area contributed by atoms with Gasteiger partial charge in [-0.15, -0.1) is 0 Å². The van der Waals surface area contributed by atoms with Crippen molar-refractivity contribution in [3.8, 4) is 0 Å². The lowest BCUT2D eigenvalue weighted by molar-refractivity contribution is -0.138. The highest BCUT2D eigenvalue weighted by atomic mass is 32.2. The Balaban J connectivity index is 2.44. The lowest BCUT2D eigenvalue weighted by Gasteiger charge is -2.23. The Morgan fingerprint density at radius 2 is 2.06 bits per heavy atom. The molecule has 0 aromatic heterocycles. The summed E-state index contributed by atoms with van der Waals surface area (Å²) in [6.45, 7) is 1.33. The third-order valence-electron chi connectivity index (χ3n) is 2.52. The van der Waals surface area contributed by atoms with Gasteiger partial charge in [-0.1, -0.05) is 0 Å². The number of rotatable bonds is 3. The Bertz CT molecular complexity index is 406. The first-order valence-corrected chi connectivity index (χ1v) is 7.12. The fourth-order valence-electron chi connectivity index (χ4n) is 1.62. The minimum atomic E-state index is -3.08. The van der Waals surface area contributed by atoms with E-state index in [-0.39, 0.29) is 11.5 Å². The predicted octanol–water partition coefficient (Wildman–Crippen LogP) is -0.664. The molecule has 2 unspecified atom stereocenters. The fraction of sp³-hybridized carbons (Fsp3) is 0.778. The van der Waals surface area contributed by atoms with E-state index in [9.17, 15) is 18.0 Å². The Morgan fingerprint density at radius 3 is 2.59 bits per heavy atom. The summed E-state index contributed by atoms with van der Waals surface area (Å²) in [5, 5.41) is 13.3. The molecule has 0 bridgehead atoms. The van der Waals surface area contributed by atoms with E-state index in [1.54, 1.807) is 0 Å². The first kappa shape index (κ1) is 13.8. The van der Waals surface area contributed by atoms with Gasteiger partial charge in [0.15, 0.2) is 9.84 Å². The van der Waals surface area contributed by atoms with Gasteiger partial charge in [-0.25, -0.2) is 13.2 Å². The minimum Gasteiger partial charge on any atom is -0.480 e. The van der Waals surface area contributed by atoms with E-state index in [0.29, 0.717) is 12.8 Å². The number of carboxylic acid groups (broad SMARTS) is 1. The Labute approximate surface area is 99.5 Å². The molecule has 0 saturated carbocycles. The topological polar surface area (TPSA) is 113 Å². The van der Waals surface area contributed by atoms with Crippen molar-refractivity contribution in [2.45, 2.75) is 31.8 Å². The van der Waals surface area contributed by atoms with Gasteiger partial charge in [0, 0.05) is 6.04 Å². The zero-order chi connectivity index (χ0) is 13.1. The van der Waals surface area contributed by atoms with Crippen LogP contribution in [0.1, 0.15) is 19.8 Å². The molecule has 17 heavy (non-hydrogen) atoms. The highest BCUT2D eigenvalue weighted by Gasteiger charge is 2.26. The fourth-order valence-corrected chi connectivity index (χ4v) is 3.26. The van der Waals surface area contributed by atoms with Crippen molar-refractivity contribution in [2.75, 3.05) is 11.5 Å². The molecule has 98 valence electrons. The number of carbonyl (C=O) groups is 2. The molecular weight excluding hydrogens is 248 g/mol. The molecule has 7 nitrogen and oxygen atoms in total. The molecule has 0 spiro atoms. The number of hydrogen-bond donors (Lipinski definition) is 3. The van der Waals surface area contributed by atoms with Crippen LogP contribution < -0.4 is 10.6 Å². The van der Waals surface area contributed by atoms with Crippen LogP contribution in [0, 0.1) is 0 Å². The third kappa shape index (κ3) is 4.59. The summed E-state index contributed by atoms with van der Waals surface area (Å²) in [6, 6.07) is -2.09. The first-order valence-electron chi connectivity index (χ1n) is 5.30. The van der Waals surface area contributed by atoms with E-state index in [4.69, 9.17) is 5.11 Å². The third-order valence-corrected chi connectivity index (χ3v) is 4.34. The zero-order valence-corrected chi connectivity index (χ0v) is 10.3. The standard InChI is InChI=1S/C9H16N2O5S/c1-6(8(12)13)10-9(14)11-7-3-2-4-17(15,16)5-7/h6-7H,2-5H2,1H3,(H,12,13)(H2,10,11,14). The molecule has 1 heterocycles. The predicted molar refractivity (Wildman–Crippen MR) is 60.4 cm³/mol. The van der Waals surface area contributed by atoms with Crippen LogP contribution in [0.15, 0.2) is 0 Å². The molecule has 2 amide bonds. The SMILES string of the molecule is CC(NC(=O)NC1CCCS(=O)(=O)C1)C(=O)O. The number of amides is 2. The van der Waals surface area contributed by atoms with E-state index in [0.717, 1.165) is 0 Å². The molecule has 1 aliphatic rings. The highest BCUT2D eigenvalue weighted by Crippen LogP contribution is 2.11. The van der Waals surface area contributed by atoms with Crippen molar-refractivity contribution < 1.29 is 23.1 Å². The van der Waals surface area contributed by atoms with Gasteiger partial charge in [0.1, 0.15) is 6.04 Å². The van der Waals surface area contributed by atoms with E-state index in [2.05, 4.69) is 10.6 Å². The van der Waals surface area contributed by atoms with Crippen LogP contribution >= 0.6 is 0 Å². The lowest BCUT2D eigenvalue weighted by atomic mass is 10.2. The number of urea groups is 1. The van der Waals surface area contributed by atoms with Gasteiger partial charge in [-0.2, -0.15) is 0 Å². The number of carbonyl (C=O) groups excluding carboxylic acids is 1. The average Bonchev–Trinajstić information content (AvgIpc) is 2.15. The van der Waals surface area contributed by atoms with Crippen LogP contribution in [0.4, 0.5) is 4.79 Å². The molecule has 3 N–H and O–H groups in total. The quantitative estimate of drug-likeness (QED) is 0.626. The summed E-state index contributed by atoms with van der Waals surface area (Å²) in [5.74, 6) is -1.07. The van der Waals surface area contributed by atoms with E-state index < -0.39 is 33.9 Å². The molecule has 1 rings (SSSR count). The first-order chi connectivity index (χ1) is 7.80. The van der Waals surface area contributed by atoms with E-state index in [1.807, 2.05) is 0 Å². The van der Waals surface area contributed by atoms with Gasteiger partial charge < -0.3 is 15.7 Å². The monoisotopic (exact) mass is 264 g/mol. The summed E-state index contributed by atoms with van der Waals surface area (Å²) >= 11 is 0. The second-order valence-electron chi connectivity index (χ2n) is 4.13. The van der Waals surface area contributed by atoms with Gasteiger partial charge in [0.2, 0.25) is 0 Å². The van der Waals surface area contributed by atoms with Crippen molar-refractivity contribution in [2.24, 2.45) is 0 Å². The van der Waals surface area contributed by atoms with Crippen LogP contribution in [-0.2, 0) is 14.6 Å². The zero-order valence-electron chi connectivity index (χ0n) is 9.47. The molecule has 1 aliphatic heterocycles. The van der Waals surface area contributed by atoms with Gasteiger partial charge in [0.05, 0.1) is 11.5 Å². The van der Waals surface area contributed by atoms with Crippen LogP contribution in [0.2, 0.25) is 0 Å². The van der Waals surface area contributed by atoms with Crippen molar-refractivity contribution in [3.63, 3.8) is 0 Å². The molecule has 0 aromatic carbocycles. The second-order valence-corrected chi connectivity index (χ2v) is 6.36. The normalized spacial score (nSPS) is 24.6. The number of hydrogen-bond acceptors (Lipinski definition) is 4. The molecular formula is C9H16N2O5S. The molecule has 0 aliphatic carbocycles. The summed E-state index contributed by atoms with van der Waals surface area (Å²) in [7, 11) is -3.08. The van der Waals surface area contributed by atoms with Crippen LogP contribution in [0.5, 0.6) is 0 Å². The number of aliphatic carboxylic acids is 1. The van der Waals surface area contributed by atoms with Gasteiger partial charge in [-0.05, 0) is 19.8 Å². The van der Waals surface area contributed by atoms with Crippen molar-refractivity contribution in [1.82, 2.24) is 10.6 Å². The summed E-state index contributed by atoms with van der Waals surface area (Å²) < 4.78 is 22.6. The highest BCUT2D eigenvalue weighted by molar-refractivity contribution is 7.91. The smallest absolute Gasteiger partial charge is 0.325 e. The van der Waals surface area contributed by atoms with Gasteiger partial charge in [0.25, 0.3) is 0 Å². The van der Waals surface area contributed by atoms with Gasteiger partial charge >= 0.3 is 12.0 Å². The Morgan fingerprint density at radius 1 is 1.41 bits per heavy atom. The lowest BCUT2D eigenvalue weighted by Crippen LogP contribution is -2.50. The average molecular weight is 264 g/mol. The molecule has 0 radical (unpaired) electrons. The van der Waals surface area contributed by atoms with Crippen LogP contribution in [0.25, 0.3) is 0 Å². The number of nitrogens with one attached hydrogen (secondary N) is 2. The molecule has 2 atom stereocenters. The second kappa shape index (κ2) is 5.35. The maximum absolute atomic E-state index is 11.4. The Hall–Kier alpha value is -1.31. The Kier molecular flexibility index (Phi) is 4.33. The van der Waals surface area contributed by atoms with Crippen molar-refractivity contribution >= 4 is 21.8 Å². The maximum Gasteiger partial charge on any atom is 0.325 e. The van der Waals surface area contributed by atoms with E-state index >= 15 is 0 Å². The van der Waals surface area contributed by atoms with Crippen molar-refractivity contribution in [3.05, 3.63) is 0 Å². The largest absolute Gasteiger partial charge is 0.480 e. The van der Waals surface area contributed by atoms with Crippen molar-refractivity contribution in [1.29, 1.82) is 0 Å². The summed E-state index contributed by atoms with van der Waals surface area (Å²) in [4.78, 5) is 21.8.